The van der Waals surface area contributed by atoms with Crippen LogP contribution in [0.4, 0.5) is 5.69 Å². The molecule has 1 saturated heterocycles. The molecule has 2 rings (SSSR count). The van der Waals surface area contributed by atoms with Crippen molar-refractivity contribution < 1.29 is 18.0 Å². The molecule has 1 aliphatic rings. The van der Waals surface area contributed by atoms with Gasteiger partial charge in [-0.15, -0.1) is 0 Å². The Bertz CT molecular complexity index is 827. The SMILES string of the molecule is CN(CC(=O)Nc1cccc(S(=O)(=O)N2CCCCC2)c1)CC(=O)NC(C)(C)C. The lowest BCUT2D eigenvalue weighted by atomic mass is 10.1. The predicted octanol–water partition coefficient (Wildman–Crippen LogP) is 1.65. The van der Waals surface area contributed by atoms with E-state index in [0.717, 1.165) is 19.3 Å². The van der Waals surface area contributed by atoms with Crippen molar-refractivity contribution in [2.24, 2.45) is 0 Å². The minimum absolute atomic E-state index is 0.0145. The number of amides is 2. The minimum Gasteiger partial charge on any atom is -0.350 e. The van der Waals surface area contributed by atoms with E-state index in [0.29, 0.717) is 18.8 Å². The van der Waals surface area contributed by atoms with Crippen molar-refractivity contribution in [3.8, 4) is 0 Å². The molecule has 1 fully saturated rings. The number of carbonyl (C=O) groups excluding carboxylic acids is 2. The molecular weight excluding hydrogens is 392 g/mol. The van der Waals surface area contributed by atoms with Crippen LogP contribution in [0, 0.1) is 0 Å². The highest BCUT2D eigenvalue weighted by atomic mass is 32.2. The van der Waals surface area contributed by atoms with Crippen molar-refractivity contribution in [3.05, 3.63) is 24.3 Å². The zero-order chi connectivity index (χ0) is 21.7. The van der Waals surface area contributed by atoms with Crippen LogP contribution in [0.3, 0.4) is 0 Å². The molecule has 0 radical (unpaired) electrons. The molecule has 2 amide bonds. The number of nitrogens with one attached hydrogen (secondary N) is 2. The van der Waals surface area contributed by atoms with Crippen LogP contribution < -0.4 is 10.6 Å². The molecule has 1 aliphatic heterocycles. The fraction of sp³-hybridized carbons (Fsp3) is 0.600. The topological polar surface area (TPSA) is 98.8 Å². The third-order valence-electron chi connectivity index (χ3n) is 4.41. The largest absolute Gasteiger partial charge is 0.350 e. The number of hydrogen-bond acceptors (Lipinski definition) is 5. The Morgan fingerprint density at radius 1 is 1.07 bits per heavy atom. The van der Waals surface area contributed by atoms with Crippen LogP contribution in [0.2, 0.25) is 0 Å². The van der Waals surface area contributed by atoms with E-state index in [4.69, 9.17) is 0 Å². The zero-order valence-electron chi connectivity index (χ0n) is 17.7. The van der Waals surface area contributed by atoms with Gasteiger partial charge < -0.3 is 10.6 Å². The monoisotopic (exact) mass is 424 g/mol. The first kappa shape index (κ1) is 23.3. The number of carbonyl (C=O) groups is 2. The average Bonchev–Trinajstić information content (AvgIpc) is 2.60. The van der Waals surface area contributed by atoms with Crippen LogP contribution in [0.5, 0.6) is 0 Å². The predicted molar refractivity (Wildman–Crippen MR) is 113 cm³/mol. The van der Waals surface area contributed by atoms with Crippen LogP contribution in [0.15, 0.2) is 29.2 Å². The Morgan fingerprint density at radius 2 is 1.69 bits per heavy atom. The number of hydrogen-bond donors (Lipinski definition) is 2. The molecule has 0 aliphatic carbocycles. The lowest BCUT2D eigenvalue weighted by Gasteiger charge is -2.26. The summed E-state index contributed by atoms with van der Waals surface area (Å²) >= 11 is 0. The second-order valence-corrected chi connectivity index (χ2v) is 10.4. The normalized spacial score (nSPS) is 15.9. The summed E-state index contributed by atoms with van der Waals surface area (Å²) in [5.41, 5.74) is 0.0844. The summed E-state index contributed by atoms with van der Waals surface area (Å²) in [6.07, 6.45) is 2.78. The first-order valence-corrected chi connectivity index (χ1v) is 11.3. The molecule has 0 aromatic heterocycles. The summed E-state index contributed by atoms with van der Waals surface area (Å²) < 4.78 is 27.1. The summed E-state index contributed by atoms with van der Waals surface area (Å²) in [6.45, 7) is 6.84. The number of piperidine rings is 1. The highest BCUT2D eigenvalue weighted by Gasteiger charge is 2.26. The first-order valence-electron chi connectivity index (χ1n) is 9.87. The first-order chi connectivity index (χ1) is 13.5. The van der Waals surface area contributed by atoms with Crippen LogP contribution in [-0.2, 0) is 19.6 Å². The summed E-state index contributed by atoms with van der Waals surface area (Å²) in [5, 5.41) is 5.56. The van der Waals surface area contributed by atoms with Gasteiger partial charge in [0.1, 0.15) is 0 Å². The lowest BCUT2D eigenvalue weighted by Crippen LogP contribution is -2.46. The number of sulfonamides is 1. The molecule has 8 nitrogen and oxygen atoms in total. The van der Waals surface area contributed by atoms with E-state index in [1.165, 1.54) is 10.4 Å². The molecule has 0 bridgehead atoms. The lowest BCUT2D eigenvalue weighted by molar-refractivity contribution is -0.124. The Balaban J connectivity index is 1.95. The van der Waals surface area contributed by atoms with E-state index >= 15 is 0 Å². The third-order valence-corrected chi connectivity index (χ3v) is 6.31. The van der Waals surface area contributed by atoms with E-state index < -0.39 is 10.0 Å². The van der Waals surface area contributed by atoms with Crippen molar-refractivity contribution in [1.82, 2.24) is 14.5 Å². The molecule has 2 N–H and O–H groups in total. The molecule has 0 saturated carbocycles. The molecule has 0 atom stereocenters. The summed E-state index contributed by atoms with van der Waals surface area (Å²) in [5.74, 6) is -0.481. The summed E-state index contributed by atoms with van der Waals surface area (Å²) in [6, 6.07) is 6.29. The van der Waals surface area contributed by atoms with Crippen molar-refractivity contribution in [2.45, 2.75) is 50.5 Å². The van der Waals surface area contributed by atoms with Crippen molar-refractivity contribution in [3.63, 3.8) is 0 Å². The van der Waals surface area contributed by atoms with Gasteiger partial charge in [-0.25, -0.2) is 8.42 Å². The molecule has 9 heteroatoms. The van der Waals surface area contributed by atoms with Crippen LogP contribution in [0.1, 0.15) is 40.0 Å². The smallest absolute Gasteiger partial charge is 0.243 e. The minimum atomic E-state index is -3.56. The molecule has 1 aromatic carbocycles. The summed E-state index contributed by atoms with van der Waals surface area (Å²) in [7, 11) is -1.88. The summed E-state index contributed by atoms with van der Waals surface area (Å²) in [4.78, 5) is 26.0. The van der Waals surface area contributed by atoms with E-state index in [1.54, 1.807) is 30.1 Å². The van der Waals surface area contributed by atoms with Gasteiger partial charge in [-0.1, -0.05) is 12.5 Å². The van der Waals surface area contributed by atoms with Gasteiger partial charge >= 0.3 is 0 Å². The van der Waals surface area contributed by atoms with Gasteiger partial charge in [-0.05, 0) is 58.9 Å². The van der Waals surface area contributed by atoms with Crippen molar-refractivity contribution in [1.29, 1.82) is 0 Å². The molecule has 162 valence electrons. The second kappa shape index (κ2) is 9.69. The second-order valence-electron chi connectivity index (χ2n) is 8.51. The molecule has 0 unspecified atom stereocenters. The van der Waals surface area contributed by atoms with E-state index in [2.05, 4.69) is 10.6 Å². The van der Waals surface area contributed by atoms with Gasteiger partial charge in [0.15, 0.2) is 0 Å². The quantitative estimate of drug-likeness (QED) is 0.693. The van der Waals surface area contributed by atoms with Crippen LogP contribution in [0.25, 0.3) is 0 Å². The van der Waals surface area contributed by atoms with Crippen LogP contribution in [-0.4, -0.2) is 68.2 Å². The van der Waals surface area contributed by atoms with E-state index in [9.17, 15) is 18.0 Å². The maximum atomic E-state index is 12.8. The number of rotatable bonds is 7. The molecule has 0 spiro atoms. The van der Waals surface area contributed by atoms with Crippen LogP contribution >= 0.6 is 0 Å². The van der Waals surface area contributed by atoms with Gasteiger partial charge in [0.25, 0.3) is 0 Å². The Labute approximate surface area is 173 Å². The van der Waals surface area contributed by atoms with Crippen molar-refractivity contribution >= 4 is 27.5 Å². The maximum absolute atomic E-state index is 12.8. The van der Waals surface area contributed by atoms with Crippen molar-refractivity contribution in [2.75, 3.05) is 38.5 Å². The number of anilines is 1. The number of benzene rings is 1. The highest BCUT2D eigenvalue weighted by molar-refractivity contribution is 7.89. The average molecular weight is 425 g/mol. The standard InChI is InChI=1S/C20H32N4O4S/c1-20(2,3)22-19(26)15-23(4)14-18(25)21-16-9-8-10-17(13-16)29(27,28)24-11-6-5-7-12-24/h8-10,13H,5-7,11-12,14-15H2,1-4H3,(H,21,25)(H,22,26). The third kappa shape index (κ3) is 7.41. The van der Waals surface area contributed by atoms with Gasteiger partial charge in [-0.2, -0.15) is 4.31 Å². The van der Waals surface area contributed by atoms with E-state index in [-0.39, 0.29) is 35.3 Å². The highest BCUT2D eigenvalue weighted by Crippen LogP contribution is 2.22. The van der Waals surface area contributed by atoms with Gasteiger partial charge in [0.2, 0.25) is 21.8 Å². The van der Waals surface area contributed by atoms with Gasteiger partial charge in [0.05, 0.1) is 18.0 Å². The Morgan fingerprint density at radius 3 is 2.31 bits per heavy atom. The maximum Gasteiger partial charge on any atom is 0.243 e. The van der Waals surface area contributed by atoms with E-state index in [1.807, 2.05) is 20.8 Å². The molecule has 1 heterocycles. The van der Waals surface area contributed by atoms with Gasteiger partial charge in [-0.3, -0.25) is 14.5 Å². The Hall–Kier alpha value is -1.97. The Kier molecular flexibility index (Phi) is 7.79. The molecule has 29 heavy (non-hydrogen) atoms. The molecular formula is C20H32N4O4S. The zero-order valence-corrected chi connectivity index (χ0v) is 18.5. The fourth-order valence-corrected chi connectivity index (χ4v) is 4.76. The number of nitrogens with zero attached hydrogens (tertiary/aromatic N) is 2. The number of likely N-dealkylation sites (N-methyl/N-ethyl adjacent to an activating group) is 1. The molecule has 1 aromatic rings. The fourth-order valence-electron chi connectivity index (χ4n) is 3.19. The van der Waals surface area contributed by atoms with Gasteiger partial charge in [0, 0.05) is 24.3 Å².